The largest absolute Gasteiger partial charge is 0.497 e. The van der Waals surface area contributed by atoms with Crippen molar-refractivity contribution in [3.8, 4) is 11.5 Å². The van der Waals surface area contributed by atoms with Gasteiger partial charge >= 0.3 is 6.03 Å². The number of amides is 2. The van der Waals surface area contributed by atoms with Crippen molar-refractivity contribution in [2.45, 2.75) is 11.8 Å². The number of hydrogen-bond acceptors (Lipinski definition) is 5. The number of rotatable bonds is 5. The summed E-state index contributed by atoms with van der Waals surface area (Å²) in [6, 6.07) is 12.9. The van der Waals surface area contributed by atoms with E-state index in [0.717, 1.165) is 17.0 Å². The van der Waals surface area contributed by atoms with E-state index in [1.807, 2.05) is 40.7 Å². The number of nitrogens with zero attached hydrogens (tertiary/aromatic N) is 2. The average molecular weight is 444 g/mol. The molecule has 6 nitrogen and oxygen atoms in total. The SMILES string of the molecule is COc1ccc(OC)c(NC(=O)N2CCC(c3ccc(Cl)cc3)(c3nccs3)C2)c1. The van der Waals surface area contributed by atoms with E-state index in [1.165, 1.54) is 0 Å². The highest BCUT2D eigenvalue weighted by molar-refractivity contribution is 7.09. The Morgan fingerprint density at radius 2 is 2.00 bits per heavy atom. The second kappa shape index (κ2) is 8.53. The number of ether oxygens (including phenoxy) is 2. The van der Waals surface area contributed by atoms with Gasteiger partial charge in [-0.05, 0) is 36.2 Å². The van der Waals surface area contributed by atoms with Crippen LogP contribution in [0.4, 0.5) is 10.5 Å². The van der Waals surface area contributed by atoms with Gasteiger partial charge in [0.1, 0.15) is 16.5 Å². The molecule has 1 aromatic heterocycles. The molecule has 156 valence electrons. The molecule has 1 unspecified atom stereocenters. The zero-order chi connectivity index (χ0) is 21.1. The third kappa shape index (κ3) is 3.82. The molecule has 1 N–H and O–H groups in total. The van der Waals surface area contributed by atoms with Crippen LogP contribution in [-0.4, -0.2) is 43.2 Å². The third-order valence-corrected chi connectivity index (χ3v) is 6.67. The van der Waals surface area contributed by atoms with Gasteiger partial charge in [-0.1, -0.05) is 23.7 Å². The number of hydrogen-bond donors (Lipinski definition) is 1. The molecule has 1 aliphatic rings. The molecule has 0 radical (unpaired) electrons. The summed E-state index contributed by atoms with van der Waals surface area (Å²) in [6.45, 7) is 1.14. The highest BCUT2D eigenvalue weighted by atomic mass is 35.5. The van der Waals surface area contributed by atoms with Gasteiger partial charge in [0, 0.05) is 35.8 Å². The lowest BCUT2D eigenvalue weighted by Crippen LogP contribution is -2.37. The van der Waals surface area contributed by atoms with Gasteiger partial charge in [-0.15, -0.1) is 11.3 Å². The lowest BCUT2D eigenvalue weighted by Gasteiger charge is -2.28. The fourth-order valence-corrected chi connectivity index (χ4v) is 4.86. The molecule has 2 heterocycles. The maximum Gasteiger partial charge on any atom is 0.321 e. The minimum atomic E-state index is -0.353. The van der Waals surface area contributed by atoms with Crippen LogP contribution in [0.15, 0.2) is 54.0 Å². The standard InChI is InChI=1S/C22H22ClN3O3S/c1-28-17-7-8-19(29-2)18(13-17)25-21(27)26-11-9-22(14-26,20-24-10-12-30-20)15-3-5-16(23)6-4-15/h3-8,10,12-13H,9,11,14H2,1-2H3,(H,25,27). The van der Waals surface area contributed by atoms with Gasteiger partial charge in [-0.3, -0.25) is 0 Å². The first-order valence-electron chi connectivity index (χ1n) is 9.50. The van der Waals surface area contributed by atoms with E-state index in [1.54, 1.807) is 43.8 Å². The average Bonchev–Trinajstić information content (AvgIpc) is 3.45. The van der Waals surface area contributed by atoms with Gasteiger partial charge in [0.15, 0.2) is 0 Å². The highest BCUT2D eigenvalue weighted by Gasteiger charge is 2.44. The van der Waals surface area contributed by atoms with Crippen molar-refractivity contribution >= 4 is 34.7 Å². The van der Waals surface area contributed by atoms with Crippen LogP contribution in [0, 0.1) is 0 Å². The van der Waals surface area contributed by atoms with Crippen molar-refractivity contribution in [2.75, 3.05) is 32.6 Å². The first-order chi connectivity index (χ1) is 14.6. The number of likely N-dealkylation sites (tertiary alicyclic amines) is 1. The van der Waals surface area contributed by atoms with Gasteiger partial charge < -0.3 is 19.7 Å². The lowest BCUT2D eigenvalue weighted by molar-refractivity contribution is 0.220. The fourth-order valence-electron chi connectivity index (χ4n) is 3.85. The Bertz CT molecular complexity index is 1030. The number of thiazole rings is 1. The molecular formula is C22H22ClN3O3S. The third-order valence-electron chi connectivity index (χ3n) is 5.44. The first kappa shape index (κ1) is 20.5. The van der Waals surface area contributed by atoms with Gasteiger partial charge in [0.2, 0.25) is 0 Å². The van der Waals surface area contributed by atoms with Crippen LogP contribution < -0.4 is 14.8 Å². The van der Waals surface area contributed by atoms with Crippen LogP contribution in [-0.2, 0) is 5.41 Å². The Morgan fingerprint density at radius 3 is 2.67 bits per heavy atom. The molecule has 0 saturated carbocycles. The molecule has 1 fully saturated rings. The molecule has 0 aliphatic carbocycles. The summed E-state index contributed by atoms with van der Waals surface area (Å²) in [6.07, 6.45) is 2.59. The maximum atomic E-state index is 13.1. The minimum Gasteiger partial charge on any atom is -0.497 e. The molecule has 0 bridgehead atoms. The maximum absolute atomic E-state index is 13.1. The Balaban J connectivity index is 1.60. The zero-order valence-corrected chi connectivity index (χ0v) is 18.3. The smallest absolute Gasteiger partial charge is 0.321 e. The van der Waals surface area contributed by atoms with Gasteiger partial charge in [-0.2, -0.15) is 0 Å². The summed E-state index contributed by atoms with van der Waals surface area (Å²) in [5.41, 5.74) is 1.32. The molecular weight excluding hydrogens is 422 g/mol. The van der Waals surface area contributed by atoms with E-state index < -0.39 is 0 Å². The molecule has 30 heavy (non-hydrogen) atoms. The second-order valence-corrected chi connectivity index (χ2v) is 8.43. The molecule has 2 aromatic carbocycles. The van der Waals surface area contributed by atoms with Crippen LogP contribution in [0.25, 0.3) is 0 Å². The van der Waals surface area contributed by atoms with E-state index in [4.69, 9.17) is 21.1 Å². The van der Waals surface area contributed by atoms with E-state index in [0.29, 0.717) is 35.3 Å². The van der Waals surface area contributed by atoms with Crippen LogP contribution in [0.2, 0.25) is 5.02 Å². The number of urea groups is 1. The molecule has 2 amide bonds. The van der Waals surface area contributed by atoms with Crippen LogP contribution in [0.3, 0.4) is 0 Å². The van der Waals surface area contributed by atoms with Crippen LogP contribution >= 0.6 is 22.9 Å². The van der Waals surface area contributed by atoms with Crippen LogP contribution in [0.1, 0.15) is 17.0 Å². The first-order valence-corrected chi connectivity index (χ1v) is 10.8. The van der Waals surface area contributed by atoms with Gasteiger partial charge in [0.05, 0.1) is 25.3 Å². The van der Waals surface area contributed by atoms with E-state index >= 15 is 0 Å². The summed E-state index contributed by atoms with van der Waals surface area (Å²) in [4.78, 5) is 19.5. The fraction of sp³-hybridized carbons (Fsp3) is 0.273. The summed E-state index contributed by atoms with van der Waals surface area (Å²) in [7, 11) is 3.16. The Kier molecular flexibility index (Phi) is 5.83. The van der Waals surface area contributed by atoms with Crippen molar-refractivity contribution < 1.29 is 14.3 Å². The van der Waals surface area contributed by atoms with Gasteiger partial charge in [0.25, 0.3) is 0 Å². The minimum absolute atomic E-state index is 0.186. The number of anilines is 1. The molecule has 4 rings (SSSR count). The Hall–Kier alpha value is -2.77. The van der Waals surface area contributed by atoms with Crippen molar-refractivity contribution in [2.24, 2.45) is 0 Å². The van der Waals surface area contributed by atoms with Crippen molar-refractivity contribution in [3.05, 3.63) is 69.6 Å². The zero-order valence-electron chi connectivity index (χ0n) is 16.7. The number of nitrogens with one attached hydrogen (secondary N) is 1. The Morgan fingerprint density at radius 1 is 1.20 bits per heavy atom. The van der Waals surface area contributed by atoms with Crippen molar-refractivity contribution in [3.63, 3.8) is 0 Å². The summed E-state index contributed by atoms with van der Waals surface area (Å²) in [5.74, 6) is 1.22. The van der Waals surface area contributed by atoms with E-state index in [-0.39, 0.29) is 11.4 Å². The second-order valence-electron chi connectivity index (χ2n) is 7.09. The molecule has 1 atom stereocenters. The lowest BCUT2D eigenvalue weighted by atomic mass is 9.80. The molecule has 8 heteroatoms. The van der Waals surface area contributed by atoms with Crippen molar-refractivity contribution in [1.29, 1.82) is 0 Å². The van der Waals surface area contributed by atoms with E-state index in [2.05, 4.69) is 10.3 Å². The quantitative estimate of drug-likeness (QED) is 0.600. The molecule has 3 aromatic rings. The van der Waals surface area contributed by atoms with E-state index in [9.17, 15) is 4.79 Å². The molecule has 1 saturated heterocycles. The predicted molar refractivity (Wildman–Crippen MR) is 119 cm³/mol. The summed E-state index contributed by atoms with van der Waals surface area (Å²) in [5, 5.41) is 6.62. The molecule has 1 aliphatic heterocycles. The number of benzene rings is 2. The summed E-state index contributed by atoms with van der Waals surface area (Å²) < 4.78 is 10.7. The highest BCUT2D eigenvalue weighted by Crippen LogP contribution is 2.42. The van der Waals surface area contributed by atoms with Gasteiger partial charge in [-0.25, -0.2) is 9.78 Å². The van der Waals surface area contributed by atoms with Crippen LogP contribution in [0.5, 0.6) is 11.5 Å². The topological polar surface area (TPSA) is 63.7 Å². The Labute approximate surface area is 184 Å². The number of carbonyl (C=O) groups excluding carboxylic acids is 1. The summed E-state index contributed by atoms with van der Waals surface area (Å²) >= 11 is 7.71. The number of carbonyl (C=O) groups is 1. The number of halogens is 1. The predicted octanol–water partition coefficient (Wildman–Crippen LogP) is 5.04. The normalized spacial score (nSPS) is 18.3. The van der Waals surface area contributed by atoms with Crippen molar-refractivity contribution in [1.82, 2.24) is 9.88 Å². The number of methoxy groups -OCH3 is 2. The molecule has 0 spiro atoms. The monoisotopic (exact) mass is 443 g/mol. The number of aromatic nitrogens is 1.